The van der Waals surface area contributed by atoms with Crippen LogP contribution in [0.15, 0.2) is 67.5 Å². The van der Waals surface area contributed by atoms with Crippen molar-refractivity contribution in [3.63, 3.8) is 0 Å². The number of carbonyl (C=O) groups is 3. The van der Waals surface area contributed by atoms with E-state index in [2.05, 4.69) is 15.0 Å². The highest BCUT2D eigenvalue weighted by molar-refractivity contribution is 6.67. The molecule has 1 aliphatic rings. The van der Waals surface area contributed by atoms with Crippen molar-refractivity contribution in [2.75, 3.05) is 0 Å². The molecule has 1 fully saturated rings. The molecular weight excluding hydrogens is 664 g/mol. The maximum absolute atomic E-state index is 13.1. The van der Waals surface area contributed by atoms with Gasteiger partial charge in [-0.3, -0.25) is 29.3 Å². The van der Waals surface area contributed by atoms with Gasteiger partial charge in [-0.1, -0.05) is 0 Å². The Morgan fingerprint density at radius 1 is 0.653 bits per heavy atom. The lowest BCUT2D eigenvalue weighted by atomic mass is 9.76. The van der Waals surface area contributed by atoms with E-state index in [1.807, 2.05) is 99.0 Å². The minimum Gasteiger partial charge on any atom is -0.399 e. The largest absolute Gasteiger partial charge is 0.495 e. The Morgan fingerprint density at radius 3 is 1.43 bits per heavy atom. The number of nitrogens with zero attached hydrogens (tertiary/aromatic N) is 5. The van der Waals surface area contributed by atoms with Gasteiger partial charge in [0.05, 0.1) is 27.9 Å². The lowest BCUT2D eigenvalue weighted by Crippen LogP contribution is -2.46. The zero-order valence-corrected chi connectivity index (χ0v) is 32.4. The Morgan fingerprint density at radius 2 is 1.06 bits per heavy atom. The summed E-state index contributed by atoms with van der Waals surface area (Å²) in [4.78, 5) is 51.1. The molecule has 1 saturated heterocycles. The van der Waals surface area contributed by atoms with Crippen LogP contribution in [0.25, 0.3) is 0 Å². The van der Waals surface area contributed by atoms with Crippen LogP contribution in [-0.4, -0.2) is 84.3 Å². The molecule has 268 valence electrons. The van der Waals surface area contributed by atoms with Crippen molar-refractivity contribution in [2.24, 2.45) is 0 Å². The van der Waals surface area contributed by atoms with Crippen molar-refractivity contribution in [1.29, 1.82) is 0 Å². The van der Waals surface area contributed by atoms with E-state index in [0.29, 0.717) is 16.7 Å². The molecule has 0 radical (unpaired) electrons. The maximum Gasteiger partial charge on any atom is 0.495 e. The van der Waals surface area contributed by atoms with Gasteiger partial charge in [0.2, 0.25) is 0 Å². The van der Waals surface area contributed by atoms with Crippen LogP contribution < -0.4 is 5.46 Å². The van der Waals surface area contributed by atoms with E-state index in [-0.39, 0.29) is 48.4 Å². The molecular formula is C36H52BCl2N5O5. The van der Waals surface area contributed by atoms with E-state index in [1.165, 1.54) is 6.20 Å². The van der Waals surface area contributed by atoms with E-state index in [9.17, 15) is 14.4 Å². The molecule has 0 atom stereocenters. The van der Waals surface area contributed by atoms with E-state index >= 15 is 0 Å². The van der Waals surface area contributed by atoms with Crippen molar-refractivity contribution in [3.8, 4) is 0 Å². The second-order valence-electron chi connectivity index (χ2n) is 13.6. The smallest absolute Gasteiger partial charge is 0.399 e. The molecule has 0 aromatic carbocycles. The summed E-state index contributed by atoms with van der Waals surface area (Å²) < 4.78 is 12.2. The van der Waals surface area contributed by atoms with Crippen molar-refractivity contribution >= 4 is 53.6 Å². The predicted octanol–water partition coefficient (Wildman–Crippen LogP) is 6.86. The number of halogens is 2. The van der Waals surface area contributed by atoms with Gasteiger partial charge in [-0.15, -0.1) is 12.4 Å². The Balaban J connectivity index is 0.000000408. The molecule has 3 aromatic rings. The van der Waals surface area contributed by atoms with Gasteiger partial charge in [-0.2, -0.15) is 0 Å². The number of pyridine rings is 3. The molecule has 10 nitrogen and oxygen atoms in total. The minimum atomic E-state index is -0.571. The molecule has 0 N–H and O–H groups in total. The predicted molar refractivity (Wildman–Crippen MR) is 199 cm³/mol. The molecule has 0 spiro atoms. The Labute approximate surface area is 303 Å². The van der Waals surface area contributed by atoms with Gasteiger partial charge >= 0.3 is 7.12 Å². The fourth-order valence-corrected chi connectivity index (χ4v) is 5.26. The number of rotatable bonds is 8. The van der Waals surface area contributed by atoms with E-state index in [1.54, 1.807) is 55.2 Å². The highest BCUT2D eigenvalue weighted by atomic mass is 35.5. The molecule has 2 amide bonds. The van der Waals surface area contributed by atoms with Crippen molar-refractivity contribution < 1.29 is 23.7 Å². The fourth-order valence-electron chi connectivity index (χ4n) is 5.15. The zero-order chi connectivity index (χ0) is 36.4. The Kier molecular flexibility index (Phi) is 17.0. The summed E-state index contributed by atoms with van der Waals surface area (Å²) in [6.45, 7) is 24.2. The van der Waals surface area contributed by atoms with Gasteiger partial charge in [0, 0.05) is 61.3 Å². The van der Waals surface area contributed by atoms with Gasteiger partial charge in [-0.25, -0.2) is 0 Å². The van der Waals surface area contributed by atoms with Crippen LogP contribution in [0.2, 0.25) is 0 Å². The number of hydrogen-bond donors (Lipinski definition) is 0. The van der Waals surface area contributed by atoms with E-state index in [4.69, 9.17) is 20.9 Å². The van der Waals surface area contributed by atoms with Crippen LogP contribution in [0.5, 0.6) is 0 Å². The molecule has 4 heterocycles. The van der Waals surface area contributed by atoms with Gasteiger partial charge in [0.1, 0.15) is 0 Å². The molecule has 0 bridgehead atoms. The molecule has 13 heteroatoms. The second kappa shape index (κ2) is 19.1. The SMILES string of the molecule is CC(C)N(C(=O)c1cccnc1)C(C)C.CC(C)N(C(=O)c1cnccc1B1OC(C)(C)C(C)(C)O1)C(C)C.Cl.O=C(Cl)c1cccnc1. The standard InChI is InChI=1S/C18H29BN2O3.C12H18N2O.C6H4ClNO.ClH/c1-12(2)21(13(3)4)16(22)14-11-20-10-9-15(14)19-23-17(5,6)18(7,8)24-19;1-9(2)14(10(3)4)12(15)11-6-5-7-13-8-11;7-6(9)5-2-1-3-8-4-5;/h9-13H,1-8H3;5-10H,1-4H3;1-4H;1H. The summed E-state index contributed by atoms with van der Waals surface area (Å²) in [7, 11) is -0.571. The summed E-state index contributed by atoms with van der Waals surface area (Å²) in [5.74, 6) is 0.00547. The summed E-state index contributed by atoms with van der Waals surface area (Å²) in [5, 5.41) is -0.469. The molecule has 0 aliphatic carbocycles. The number of aromatic nitrogens is 3. The molecule has 0 saturated carbocycles. The average molecular weight is 717 g/mol. The third-order valence-corrected chi connectivity index (χ3v) is 8.30. The van der Waals surface area contributed by atoms with Gasteiger partial charge < -0.3 is 19.1 Å². The summed E-state index contributed by atoms with van der Waals surface area (Å²) in [6.07, 6.45) is 9.58. The van der Waals surface area contributed by atoms with Gasteiger partial charge in [-0.05, 0) is 130 Å². The lowest BCUT2D eigenvalue weighted by Gasteiger charge is -2.32. The van der Waals surface area contributed by atoms with Crippen LogP contribution in [-0.2, 0) is 9.31 Å². The number of carbonyl (C=O) groups excluding carboxylic acids is 3. The monoisotopic (exact) mass is 715 g/mol. The molecule has 49 heavy (non-hydrogen) atoms. The van der Waals surface area contributed by atoms with Crippen LogP contribution in [0, 0.1) is 0 Å². The first-order valence-electron chi connectivity index (χ1n) is 16.3. The highest BCUT2D eigenvalue weighted by Crippen LogP contribution is 2.36. The first-order valence-corrected chi connectivity index (χ1v) is 16.6. The first-order chi connectivity index (χ1) is 22.3. The number of amides is 2. The quantitative estimate of drug-likeness (QED) is 0.184. The van der Waals surface area contributed by atoms with Crippen molar-refractivity contribution in [3.05, 3.63) is 84.2 Å². The Hall–Kier alpha value is -3.38. The molecule has 0 unspecified atom stereocenters. The van der Waals surface area contributed by atoms with Crippen LogP contribution in [0.3, 0.4) is 0 Å². The van der Waals surface area contributed by atoms with Crippen LogP contribution in [0.4, 0.5) is 0 Å². The van der Waals surface area contributed by atoms with Crippen LogP contribution >= 0.6 is 24.0 Å². The van der Waals surface area contributed by atoms with Gasteiger partial charge in [0.15, 0.2) is 0 Å². The normalized spacial score (nSPS) is 14.3. The molecule has 3 aromatic heterocycles. The first kappa shape index (κ1) is 43.6. The van der Waals surface area contributed by atoms with E-state index < -0.39 is 23.6 Å². The third-order valence-electron chi connectivity index (χ3n) is 8.08. The average Bonchev–Trinajstić information content (AvgIpc) is 3.24. The molecule has 4 rings (SSSR count). The fraction of sp³-hybridized carbons (Fsp3) is 0.500. The maximum atomic E-state index is 13.1. The topological polar surface area (TPSA) is 115 Å². The van der Waals surface area contributed by atoms with E-state index in [0.717, 1.165) is 5.46 Å². The molecule has 1 aliphatic heterocycles. The highest BCUT2D eigenvalue weighted by Gasteiger charge is 2.52. The summed E-state index contributed by atoms with van der Waals surface area (Å²) >= 11 is 5.12. The van der Waals surface area contributed by atoms with Crippen LogP contribution in [0.1, 0.15) is 114 Å². The third kappa shape index (κ3) is 11.9. The summed E-state index contributed by atoms with van der Waals surface area (Å²) in [6, 6.07) is 9.29. The lowest BCUT2D eigenvalue weighted by molar-refractivity contribution is 0.00578. The van der Waals surface area contributed by atoms with Crippen molar-refractivity contribution in [2.45, 2.75) is 118 Å². The van der Waals surface area contributed by atoms with Gasteiger partial charge in [0.25, 0.3) is 17.1 Å². The Bertz CT molecular complexity index is 1460. The zero-order valence-electron chi connectivity index (χ0n) is 30.8. The van der Waals surface area contributed by atoms with Crippen molar-refractivity contribution in [1.82, 2.24) is 24.8 Å². The summed E-state index contributed by atoms with van der Waals surface area (Å²) in [5.41, 5.74) is 1.46. The second-order valence-corrected chi connectivity index (χ2v) is 14.0. The minimum absolute atomic E-state index is 0. The number of hydrogen-bond acceptors (Lipinski definition) is 8.